The number of ether oxygens (including phenoxy) is 2. The first kappa shape index (κ1) is 16.6. The van der Waals surface area contributed by atoms with Gasteiger partial charge in [-0.3, -0.25) is 9.48 Å². The van der Waals surface area contributed by atoms with Gasteiger partial charge in [0, 0.05) is 37.5 Å². The van der Waals surface area contributed by atoms with Gasteiger partial charge in [0.25, 0.3) is 5.91 Å². The van der Waals surface area contributed by atoms with Crippen molar-refractivity contribution in [1.29, 1.82) is 0 Å². The first-order valence-electron chi connectivity index (χ1n) is 8.61. The van der Waals surface area contributed by atoms with Crippen LogP contribution in [0.2, 0.25) is 0 Å². The summed E-state index contributed by atoms with van der Waals surface area (Å²) in [6.45, 7) is 2.72. The molecule has 0 radical (unpaired) electrons. The lowest BCUT2D eigenvalue weighted by Gasteiger charge is -2.31. The van der Waals surface area contributed by atoms with Gasteiger partial charge in [0.2, 0.25) is 0 Å². The number of hydrogen-bond donors (Lipinski definition) is 0. The number of amides is 1. The summed E-state index contributed by atoms with van der Waals surface area (Å²) in [6, 6.07) is 1.98. The number of carbonyl (C=O) groups excluding carboxylic acids is 1. The van der Waals surface area contributed by atoms with E-state index >= 15 is 0 Å². The molecule has 0 bridgehead atoms. The zero-order valence-corrected chi connectivity index (χ0v) is 14.7. The van der Waals surface area contributed by atoms with Crippen molar-refractivity contribution in [2.45, 2.75) is 44.1 Å². The molecule has 0 aliphatic carbocycles. The highest BCUT2D eigenvalue weighted by Gasteiger charge is 2.47. The number of rotatable bonds is 6. The minimum absolute atomic E-state index is 0.0472. The second-order valence-corrected chi connectivity index (χ2v) is 6.93. The number of likely N-dealkylation sites (tertiary alicyclic amines) is 1. The fourth-order valence-electron chi connectivity index (χ4n) is 3.59. The minimum atomic E-state index is -0.0848. The molecule has 4 rings (SSSR count). The number of nitrogens with zero attached hydrogens (tertiary/aromatic N) is 5. The van der Waals surface area contributed by atoms with E-state index in [1.165, 1.54) is 11.5 Å². The number of aryl methyl sites for hydroxylation is 1. The number of aromatic nitrogens is 4. The van der Waals surface area contributed by atoms with Crippen molar-refractivity contribution in [2.24, 2.45) is 0 Å². The Balaban J connectivity index is 1.36. The Bertz CT molecular complexity index is 678. The van der Waals surface area contributed by atoms with Gasteiger partial charge >= 0.3 is 0 Å². The van der Waals surface area contributed by atoms with E-state index in [2.05, 4.69) is 14.7 Å². The molecule has 3 atom stereocenters. The molecule has 0 N–H and O–H groups in total. The van der Waals surface area contributed by atoms with Gasteiger partial charge in [-0.2, -0.15) is 5.10 Å². The van der Waals surface area contributed by atoms with E-state index in [-0.39, 0.29) is 24.2 Å². The maximum Gasteiger partial charge on any atom is 0.275 e. The predicted molar refractivity (Wildman–Crippen MR) is 90.3 cm³/mol. The van der Waals surface area contributed by atoms with Crippen LogP contribution < -0.4 is 0 Å². The van der Waals surface area contributed by atoms with E-state index in [4.69, 9.17) is 9.47 Å². The monoisotopic (exact) mass is 363 g/mol. The zero-order valence-electron chi connectivity index (χ0n) is 13.9. The Morgan fingerprint density at radius 3 is 3.24 bits per heavy atom. The first-order valence-corrected chi connectivity index (χ1v) is 9.45. The summed E-state index contributed by atoms with van der Waals surface area (Å²) >= 11 is 1.19. The van der Waals surface area contributed by atoms with Crippen LogP contribution in [0.15, 0.2) is 23.8 Å². The van der Waals surface area contributed by atoms with E-state index in [1.807, 2.05) is 21.8 Å². The highest BCUT2D eigenvalue weighted by atomic mass is 32.1. The number of hydrogen-bond acceptors (Lipinski definition) is 7. The molecule has 4 heterocycles. The fourth-order valence-corrected chi connectivity index (χ4v) is 4.02. The minimum Gasteiger partial charge on any atom is -0.374 e. The second kappa shape index (κ2) is 7.59. The summed E-state index contributed by atoms with van der Waals surface area (Å²) in [4.78, 5) is 14.6. The van der Waals surface area contributed by atoms with Crippen LogP contribution in [-0.2, 0) is 16.0 Å². The van der Waals surface area contributed by atoms with Gasteiger partial charge in [-0.15, -0.1) is 5.10 Å². The zero-order chi connectivity index (χ0) is 17.1. The molecule has 0 unspecified atom stereocenters. The fraction of sp³-hybridized carbons (Fsp3) is 0.625. The molecule has 2 aromatic rings. The van der Waals surface area contributed by atoms with Crippen molar-refractivity contribution in [3.8, 4) is 0 Å². The molecule has 2 saturated heterocycles. The standard InChI is InChI=1S/C16H21N5O3S/c22-16(12-11-25-19-18-12)21-10-14(15-13(21)4-1-8-24-15)23-9-3-7-20-6-2-5-17-20/h2,5-6,11,13-15H,1,3-4,7-10H2/t13-,14+,15+/m1/s1. The smallest absolute Gasteiger partial charge is 0.275 e. The molecule has 0 aromatic carbocycles. The Labute approximate surface area is 149 Å². The molecule has 2 aliphatic rings. The van der Waals surface area contributed by atoms with Crippen LogP contribution in [0.1, 0.15) is 29.8 Å². The lowest BCUT2D eigenvalue weighted by atomic mass is 10.0. The average molecular weight is 363 g/mol. The van der Waals surface area contributed by atoms with Gasteiger partial charge in [0.05, 0.1) is 12.6 Å². The third-order valence-electron chi connectivity index (χ3n) is 4.74. The predicted octanol–water partition coefficient (Wildman–Crippen LogP) is 1.21. The molecule has 8 nitrogen and oxygen atoms in total. The highest BCUT2D eigenvalue weighted by Crippen LogP contribution is 2.31. The molecule has 0 saturated carbocycles. The molecular weight excluding hydrogens is 342 g/mol. The van der Waals surface area contributed by atoms with E-state index in [1.54, 1.807) is 11.6 Å². The molecule has 2 aliphatic heterocycles. The third-order valence-corrected chi connectivity index (χ3v) is 5.24. The Morgan fingerprint density at radius 2 is 2.44 bits per heavy atom. The highest BCUT2D eigenvalue weighted by molar-refractivity contribution is 7.03. The quantitative estimate of drug-likeness (QED) is 0.718. The van der Waals surface area contributed by atoms with E-state index < -0.39 is 0 Å². The lowest BCUT2D eigenvalue weighted by molar-refractivity contribution is -0.0770. The molecule has 1 amide bonds. The van der Waals surface area contributed by atoms with E-state index in [9.17, 15) is 4.79 Å². The molecule has 2 fully saturated rings. The SMILES string of the molecule is O=C(c1csnn1)N1C[C@H](OCCCn2cccn2)[C@H]2OCCC[C@H]21. The van der Waals surface area contributed by atoms with Gasteiger partial charge in [0.1, 0.15) is 12.2 Å². The summed E-state index contributed by atoms with van der Waals surface area (Å²) in [7, 11) is 0. The van der Waals surface area contributed by atoms with Gasteiger partial charge in [0.15, 0.2) is 5.69 Å². The van der Waals surface area contributed by atoms with Crippen LogP contribution in [0.5, 0.6) is 0 Å². The van der Waals surface area contributed by atoms with Crippen molar-refractivity contribution in [2.75, 3.05) is 19.8 Å². The molecule has 2 aromatic heterocycles. The maximum atomic E-state index is 12.7. The van der Waals surface area contributed by atoms with Crippen LogP contribution in [0.4, 0.5) is 0 Å². The van der Waals surface area contributed by atoms with Gasteiger partial charge in [-0.25, -0.2) is 0 Å². The summed E-state index contributed by atoms with van der Waals surface area (Å²) in [5.74, 6) is -0.0723. The molecular formula is C16H21N5O3S. The van der Waals surface area contributed by atoms with Crippen LogP contribution in [0, 0.1) is 0 Å². The summed E-state index contributed by atoms with van der Waals surface area (Å²) in [6.07, 6.45) is 6.37. The number of carbonyl (C=O) groups is 1. The van der Waals surface area contributed by atoms with Crippen LogP contribution in [0.3, 0.4) is 0 Å². The second-order valence-electron chi connectivity index (χ2n) is 6.32. The first-order chi connectivity index (χ1) is 12.3. The van der Waals surface area contributed by atoms with Gasteiger partial charge in [-0.1, -0.05) is 4.49 Å². The van der Waals surface area contributed by atoms with Crippen LogP contribution >= 0.6 is 11.5 Å². The molecule has 0 spiro atoms. The summed E-state index contributed by atoms with van der Waals surface area (Å²) in [5.41, 5.74) is 0.411. The lowest BCUT2D eigenvalue weighted by Crippen LogP contribution is -2.44. The van der Waals surface area contributed by atoms with Gasteiger partial charge < -0.3 is 14.4 Å². The van der Waals surface area contributed by atoms with Crippen molar-refractivity contribution in [3.63, 3.8) is 0 Å². The van der Waals surface area contributed by atoms with Crippen LogP contribution in [-0.4, -0.2) is 68.2 Å². The average Bonchev–Trinajstić information content (AvgIpc) is 3.39. The Kier molecular flexibility index (Phi) is 5.04. The molecule has 9 heteroatoms. The largest absolute Gasteiger partial charge is 0.374 e. The Hall–Kier alpha value is -1.84. The summed E-state index contributed by atoms with van der Waals surface area (Å²) in [5, 5.41) is 9.79. The molecule has 25 heavy (non-hydrogen) atoms. The van der Waals surface area contributed by atoms with Crippen molar-refractivity contribution in [1.82, 2.24) is 24.3 Å². The maximum absolute atomic E-state index is 12.7. The van der Waals surface area contributed by atoms with E-state index in [0.717, 1.165) is 32.4 Å². The van der Waals surface area contributed by atoms with Crippen molar-refractivity contribution in [3.05, 3.63) is 29.5 Å². The van der Waals surface area contributed by atoms with Crippen molar-refractivity contribution < 1.29 is 14.3 Å². The van der Waals surface area contributed by atoms with Crippen LogP contribution in [0.25, 0.3) is 0 Å². The summed E-state index contributed by atoms with van der Waals surface area (Å²) < 4.78 is 17.7. The number of fused-ring (bicyclic) bond motifs is 1. The van der Waals surface area contributed by atoms with Crippen molar-refractivity contribution >= 4 is 17.4 Å². The molecule has 134 valence electrons. The normalized spacial score (nSPS) is 25.9. The van der Waals surface area contributed by atoms with Gasteiger partial charge in [-0.05, 0) is 36.9 Å². The topological polar surface area (TPSA) is 82.4 Å². The Morgan fingerprint density at radius 1 is 1.48 bits per heavy atom. The van der Waals surface area contributed by atoms with E-state index in [0.29, 0.717) is 18.8 Å². The third kappa shape index (κ3) is 3.58.